The Labute approximate surface area is 297 Å². The zero-order chi connectivity index (χ0) is 34.8. The molecule has 262 valence electrons. The van der Waals surface area contributed by atoms with E-state index in [1.54, 1.807) is 7.11 Å². The van der Waals surface area contributed by atoms with Crippen molar-refractivity contribution < 1.29 is 14.3 Å². The highest BCUT2D eigenvalue weighted by Crippen LogP contribution is 2.73. The van der Waals surface area contributed by atoms with Gasteiger partial charge in [0, 0.05) is 41.7 Å². The van der Waals surface area contributed by atoms with Gasteiger partial charge in [-0.05, 0) is 106 Å². The van der Waals surface area contributed by atoms with Crippen molar-refractivity contribution >= 4 is 28.5 Å². The number of hydrogen-bond acceptors (Lipinski definition) is 6. The van der Waals surface area contributed by atoms with Gasteiger partial charge >= 0.3 is 0 Å². The molecule has 2 saturated heterocycles. The lowest BCUT2D eigenvalue weighted by atomic mass is 9.33. The zero-order valence-corrected chi connectivity index (χ0v) is 29.6. The number of hydrogen-bond donors (Lipinski definition) is 2. The number of carbonyl (C=O) groups excluding carboxylic acids is 2. The number of nitrogens with one attached hydrogen (secondary N) is 1. The molecule has 2 amide bonds. The molecule has 0 unspecified atom stereocenters. The van der Waals surface area contributed by atoms with Gasteiger partial charge in [-0.3, -0.25) is 14.0 Å². The van der Waals surface area contributed by atoms with Crippen LogP contribution in [0, 0.1) is 18.3 Å². The van der Waals surface area contributed by atoms with Crippen molar-refractivity contribution in [3.8, 4) is 17.3 Å². The van der Waals surface area contributed by atoms with E-state index in [2.05, 4.69) is 59.3 Å². The maximum Gasteiger partial charge on any atom is 0.254 e. The Morgan fingerprint density at radius 2 is 1.80 bits per heavy atom. The van der Waals surface area contributed by atoms with Crippen molar-refractivity contribution in [2.45, 2.75) is 101 Å². The van der Waals surface area contributed by atoms with Crippen LogP contribution in [0.5, 0.6) is 5.88 Å². The van der Waals surface area contributed by atoms with E-state index in [0.29, 0.717) is 23.0 Å². The highest BCUT2D eigenvalue weighted by Gasteiger charge is 2.71. The predicted molar refractivity (Wildman–Crippen MR) is 194 cm³/mol. The van der Waals surface area contributed by atoms with Gasteiger partial charge in [-0.25, -0.2) is 9.97 Å². The van der Waals surface area contributed by atoms with E-state index in [9.17, 15) is 9.59 Å². The van der Waals surface area contributed by atoms with Crippen LogP contribution in [0.1, 0.15) is 91.6 Å². The minimum Gasteiger partial charge on any atom is -0.482 e. The first kappa shape index (κ1) is 31.1. The molecule has 4 bridgehead atoms. The third-order valence-corrected chi connectivity index (χ3v) is 13.0. The monoisotopic (exact) mass is 683 g/mol. The summed E-state index contributed by atoms with van der Waals surface area (Å²) in [5.41, 5.74) is 13.5. The number of amides is 2. The molecule has 6 fully saturated rings. The summed E-state index contributed by atoms with van der Waals surface area (Å²) in [6, 6.07) is 20.9. The Morgan fingerprint density at radius 3 is 2.49 bits per heavy atom. The van der Waals surface area contributed by atoms with E-state index >= 15 is 0 Å². The highest BCUT2D eigenvalue weighted by atomic mass is 16.5. The summed E-state index contributed by atoms with van der Waals surface area (Å²) < 4.78 is 10.2. The number of aromatic nitrogens is 4. The van der Waals surface area contributed by atoms with Crippen molar-refractivity contribution in [2.24, 2.45) is 17.1 Å². The molecule has 4 saturated carbocycles. The van der Waals surface area contributed by atoms with Crippen molar-refractivity contribution in [3.05, 3.63) is 83.2 Å². The lowest BCUT2D eigenvalue weighted by Gasteiger charge is -2.69. The topological polar surface area (TPSA) is 120 Å². The van der Waals surface area contributed by atoms with Crippen LogP contribution < -0.4 is 15.8 Å². The maximum atomic E-state index is 13.9. The van der Waals surface area contributed by atoms with E-state index in [0.717, 1.165) is 78.9 Å². The molecule has 0 spiro atoms. The summed E-state index contributed by atoms with van der Waals surface area (Å²) in [5.74, 6) is 1.33. The second-order valence-corrected chi connectivity index (χ2v) is 16.3. The SMILES string of the molecule is COc1cc(C(=O)N2[C@H]3CC[C@@H]2[C@H](N)C3)cc2nc(-c3cc4ccc([C@@H](C)NC(=O)C56CC(c7ccccc7)(C5)C6)nc4n3CC3CC3)c(C)n12. The van der Waals surface area contributed by atoms with Gasteiger partial charge in [0.2, 0.25) is 5.91 Å². The minimum absolute atomic E-state index is 0.00368. The van der Waals surface area contributed by atoms with Crippen molar-refractivity contribution in [2.75, 3.05) is 7.11 Å². The number of rotatable bonds is 9. The summed E-state index contributed by atoms with van der Waals surface area (Å²) in [7, 11) is 1.64. The van der Waals surface area contributed by atoms with Crippen LogP contribution in [0.4, 0.5) is 0 Å². The van der Waals surface area contributed by atoms with E-state index < -0.39 is 0 Å². The van der Waals surface area contributed by atoms with Gasteiger partial charge in [0.1, 0.15) is 17.0 Å². The van der Waals surface area contributed by atoms with Crippen molar-refractivity contribution in [3.63, 3.8) is 0 Å². The van der Waals surface area contributed by atoms with Crippen LogP contribution in [-0.4, -0.2) is 60.9 Å². The molecule has 0 radical (unpaired) electrons. The number of benzene rings is 1. The van der Waals surface area contributed by atoms with Gasteiger partial charge in [-0.2, -0.15) is 0 Å². The number of imidazole rings is 1. The minimum atomic E-state index is -0.249. The Bertz CT molecular complexity index is 2230. The van der Waals surface area contributed by atoms with E-state index in [-0.39, 0.29) is 46.8 Å². The molecule has 5 aromatic rings. The second kappa shape index (κ2) is 10.9. The highest BCUT2D eigenvalue weighted by molar-refractivity contribution is 5.97. The Kier molecular flexibility index (Phi) is 6.64. The molecule has 2 aliphatic heterocycles. The van der Waals surface area contributed by atoms with Gasteiger partial charge < -0.3 is 25.3 Å². The standard InChI is InChI=1S/C41H45N7O3/c1-23(43-39(50)41-20-40(21-41,22-41)28-7-5-4-6-8-28)31-13-11-26-15-33(46(37(26)44-31)19-25-9-10-25)36-24(2)47-34(45-36)16-27(17-35(47)51-3)38(49)48-29-12-14-32(48)30(42)18-29/h4-8,11,13,15-17,23,25,29-30,32H,9-10,12,14,18-22,42H2,1-3H3,(H,43,50)/t23-,29+,30-,32-,40?,41?/m1/s1. The van der Waals surface area contributed by atoms with Crippen LogP contribution in [0.25, 0.3) is 28.1 Å². The lowest BCUT2D eigenvalue weighted by molar-refractivity contribution is -0.176. The first-order valence-electron chi connectivity index (χ1n) is 18.7. The van der Waals surface area contributed by atoms with Gasteiger partial charge in [-0.15, -0.1) is 0 Å². The average Bonchev–Trinajstić information content (AvgIpc) is 3.41. The zero-order valence-electron chi connectivity index (χ0n) is 29.6. The third kappa shape index (κ3) is 4.57. The van der Waals surface area contributed by atoms with Crippen LogP contribution >= 0.6 is 0 Å². The number of carbonyl (C=O) groups is 2. The fraction of sp³-hybridized carbons (Fsp3) is 0.463. The van der Waals surface area contributed by atoms with Gasteiger partial charge in [0.15, 0.2) is 5.88 Å². The number of pyridine rings is 2. The molecule has 6 heterocycles. The molecular formula is C41H45N7O3. The summed E-state index contributed by atoms with van der Waals surface area (Å²) in [6.07, 6.45) is 8.02. The van der Waals surface area contributed by atoms with Crippen LogP contribution in [0.2, 0.25) is 0 Å². The largest absolute Gasteiger partial charge is 0.482 e. The van der Waals surface area contributed by atoms with Crippen LogP contribution in [-0.2, 0) is 16.8 Å². The molecule has 51 heavy (non-hydrogen) atoms. The number of aryl methyl sites for hydroxylation is 1. The number of nitrogens with zero attached hydrogens (tertiary/aromatic N) is 5. The van der Waals surface area contributed by atoms with Crippen LogP contribution in [0.15, 0.2) is 60.7 Å². The fourth-order valence-corrected chi connectivity index (χ4v) is 10.2. The quantitative estimate of drug-likeness (QED) is 0.194. The molecule has 4 atom stereocenters. The summed E-state index contributed by atoms with van der Waals surface area (Å²) in [6.45, 7) is 4.95. The normalized spacial score (nSPS) is 28.2. The van der Waals surface area contributed by atoms with Gasteiger partial charge in [-0.1, -0.05) is 30.3 Å². The lowest BCUT2D eigenvalue weighted by Crippen LogP contribution is -2.70. The first-order valence-corrected chi connectivity index (χ1v) is 18.7. The van der Waals surface area contributed by atoms with Crippen LogP contribution in [0.3, 0.4) is 0 Å². The number of methoxy groups -OCH3 is 1. The molecule has 4 aliphatic carbocycles. The predicted octanol–water partition coefficient (Wildman–Crippen LogP) is 6.08. The Balaban J connectivity index is 0.959. The molecule has 6 aliphatic rings. The Morgan fingerprint density at radius 1 is 1.02 bits per heavy atom. The molecule has 10 heteroatoms. The average molecular weight is 684 g/mol. The van der Waals surface area contributed by atoms with Crippen molar-refractivity contribution in [1.82, 2.24) is 29.2 Å². The number of nitrogens with two attached hydrogens (primary N) is 1. The first-order chi connectivity index (χ1) is 24.7. The van der Waals surface area contributed by atoms with Gasteiger partial charge in [0.05, 0.1) is 35.6 Å². The van der Waals surface area contributed by atoms with E-state index in [4.69, 9.17) is 20.4 Å². The molecular weight excluding hydrogens is 638 g/mol. The number of ether oxygens (including phenoxy) is 1. The molecule has 4 aromatic heterocycles. The van der Waals surface area contributed by atoms with Crippen molar-refractivity contribution in [1.29, 1.82) is 0 Å². The Hall–Kier alpha value is -4.70. The van der Waals surface area contributed by atoms with E-state index in [1.165, 1.54) is 18.4 Å². The fourth-order valence-electron chi connectivity index (χ4n) is 10.2. The van der Waals surface area contributed by atoms with Gasteiger partial charge in [0.25, 0.3) is 5.91 Å². The molecule has 11 rings (SSSR count). The smallest absolute Gasteiger partial charge is 0.254 e. The maximum absolute atomic E-state index is 13.9. The third-order valence-electron chi connectivity index (χ3n) is 13.0. The van der Waals surface area contributed by atoms with E-state index in [1.807, 2.05) is 34.4 Å². The second-order valence-electron chi connectivity index (χ2n) is 16.3. The molecule has 3 N–H and O–H groups in total. The summed E-state index contributed by atoms with van der Waals surface area (Å²) >= 11 is 0. The molecule has 1 aromatic carbocycles. The summed E-state index contributed by atoms with van der Waals surface area (Å²) in [4.78, 5) is 39.8. The molecule has 10 nitrogen and oxygen atoms in total. The number of fused-ring (bicyclic) bond motifs is 4. The summed E-state index contributed by atoms with van der Waals surface area (Å²) in [5, 5.41) is 4.37.